The minimum atomic E-state index is -1.02. The van der Waals surface area contributed by atoms with Gasteiger partial charge in [-0.15, -0.1) is 0 Å². The molecule has 0 atom stereocenters. The van der Waals surface area contributed by atoms with Gasteiger partial charge in [0.25, 0.3) is 0 Å². The molecule has 1 aromatic rings. The van der Waals surface area contributed by atoms with Crippen LogP contribution in [0.4, 0.5) is 5.82 Å². The highest BCUT2D eigenvalue weighted by atomic mass is 16.5. The van der Waals surface area contributed by atoms with E-state index in [0.717, 1.165) is 0 Å². The van der Waals surface area contributed by atoms with Gasteiger partial charge in [-0.3, -0.25) is 4.79 Å². The van der Waals surface area contributed by atoms with Gasteiger partial charge in [-0.2, -0.15) is 0 Å². The van der Waals surface area contributed by atoms with Gasteiger partial charge in [-0.1, -0.05) is 0 Å². The minimum absolute atomic E-state index is 0.0965. The number of hydrogen-bond donors (Lipinski definition) is 2. The van der Waals surface area contributed by atoms with Gasteiger partial charge >= 0.3 is 5.97 Å². The summed E-state index contributed by atoms with van der Waals surface area (Å²) in [6.07, 6.45) is 0. The Morgan fingerprint density at radius 2 is 2.15 bits per heavy atom. The number of nitrogens with one attached hydrogen (secondary N) is 1. The fourth-order valence-electron chi connectivity index (χ4n) is 1.61. The maximum atomic E-state index is 11.7. The van der Waals surface area contributed by atoms with Crippen LogP contribution in [0.15, 0.2) is 12.1 Å². The fraction of sp³-hybridized carbons (Fsp3) is 0.462. The largest absolute Gasteiger partial charge is 0.478 e. The predicted molar refractivity (Wildman–Crippen MR) is 74.1 cm³/mol. The molecule has 0 saturated carbocycles. The molecule has 0 saturated heterocycles. The first-order valence-electron chi connectivity index (χ1n) is 6.12. The molecule has 0 aliphatic heterocycles. The first-order chi connectivity index (χ1) is 9.43. The molecule has 20 heavy (non-hydrogen) atoms. The van der Waals surface area contributed by atoms with E-state index in [0.29, 0.717) is 24.7 Å². The number of carbonyl (C=O) groups is 2. The van der Waals surface area contributed by atoms with Gasteiger partial charge in [0.2, 0.25) is 5.91 Å². The van der Waals surface area contributed by atoms with Crippen LogP contribution in [0, 0.1) is 6.92 Å². The van der Waals surface area contributed by atoms with Gasteiger partial charge in [0.15, 0.2) is 0 Å². The number of methoxy groups -OCH3 is 1. The zero-order valence-corrected chi connectivity index (χ0v) is 11.8. The molecule has 1 rings (SSSR count). The second kappa shape index (κ2) is 7.44. The Balaban J connectivity index is 2.69. The number of amides is 1. The fourth-order valence-corrected chi connectivity index (χ4v) is 1.61. The second-order valence-electron chi connectivity index (χ2n) is 4.36. The van der Waals surface area contributed by atoms with Crippen molar-refractivity contribution in [3.63, 3.8) is 0 Å². The highest BCUT2D eigenvalue weighted by molar-refractivity contribution is 5.89. The van der Waals surface area contributed by atoms with Gasteiger partial charge in [0, 0.05) is 26.4 Å². The Bertz CT molecular complexity index is 491. The van der Waals surface area contributed by atoms with E-state index in [4.69, 9.17) is 9.84 Å². The Kier molecular flexibility index (Phi) is 5.92. The lowest BCUT2D eigenvalue weighted by Gasteiger charge is -2.18. The molecule has 0 aromatic carbocycles. The summed E-state index contributed by atoms with van der Waals surface area (Å²) >= 11 is 0. The minimum Gasteiger partial charge on any atom is -0.478 e. The Morgan fingerprint density at radius 1 is 1.45 bits per heavy atom. The molecule has 1 aromatic heterocycles. The van der Waals surface area contributed by atoms with Crippen LogP contribution in [0.25, 0.3) is 0 Å². The zero-order chi connectivity index (χ0) is 15.1. The van der Waals surface area contributed by atoms with Crippen LogP contribution in [-0.4, -0.2) is 55.8 Å². The number of likely N-dealkylation sites (N-methyl/N-ethyl adjacent to an activating group) is 1. The van der Waals surface area contributed by atoms with Crippen LogP contribution in [0.1, 0.15) is 16.1 Å². The number of carboxylic acids is 1. The van der Waals surface area contributed by atoms with E-state index in [9.17, 15) is 9.59 Å². The number of ether oxygens (including phenoxy) is 1. The van der Waals surface area contributed by atoms with Crippen molar-refractivity contribution >= 4 is 17.7 Å². The molecule has 110 valence electrons. The summed E-state index contributed by atoms with van der Waals surface area (Å²) in [5.74, 6) is -0.747. The van der Waals surface area contributed by atoms with E-state index in [1.807, 2.05) is 0 Å². The van der Waals surface area contributed by atoms with E-state index in [2.05, 4.69) is 10.3 Å². The van der Waals surface area contributed by atoms with E-state index in [-0.39, 0.29) is 18.0 Å². The lowest BCUT2D eigenvalue weighted by Crippen LogP contribution is -2.37. The van der Waals surface area contributed by atoms with Crippen LogP contribution in [-0.2, 0) is 9.53 Å². The molecule has 7 heteroatoms. The van der Waals surface area contributed by atoms with Crippen LogP contribution in [0.3, 0.4) is 0 Å². The molecule has 7 nitrogen and oxygen atoms in total. The molecule has 0 unspecified atom stereocenters. The molecule has 2 N–H and O–H groups in total. The Morgan fingerprint density at radius 3 is 2.75 bits per heavy atom. The highest BCUT2D eigenvalue weighted by Gasteiger charge is 2.12. The quantitative estimate of drug-likeness (QED) is 0.698. The van der Waals surface area contributed by atoms with Crippen LogP contribution in [0.2, 0.25) is 0 Å². The summed E-state index contributed by atoms with van der Waals surface area (Å²) in [5, 5.41) is 11.7. The maximum absolute atomic E-state index is 11.7. The second-order valence-corrected chi connectivity index (χ2v) is 4.36. The van der Waals surface area contributed by atoms with E-state index >= 15 is 0 Å². The van der Waals surface area contributed by atoms with Crippen molar-refractivity contribution in [1.29, 1.82) is 0 Å². The standard InChI is InChI=1S/C13H19N3O4/c1-9-6-10(13(18)19)7-11(15-9)16(2)8-12(17)14-4-5-20-3/h6-7H,4-5,8H2,1-3H3,(H,14,17)(H,18,19). The zero-order valence-electron chi connectivity index (χ0n) is 11.8. The first kappa shape index (κ1) is 15.9. The number of carbonyl (C=O) groups excluding carboxylic acids is 1. The Labute approximate surface area is 117 Å². The Hall–Kier alpha value is -2.15. The number of pyridine rings is 1. The summed E-state index contributed by atoms with van der Waals surface area (Å²) < 4.78 is 4.83. The van der Waals surface area contributed by atoms with Gasteiger partial charge in [0.1, 0.15) is 5.82 Å². The maximum Gasteiger partial charge on any atom is 0.335 e. The third kappa shape index (κ3) is 4.85. The number of rotatable bonds is 7. The molecule has 0 radical (unpaired) electrons. The molecular formula is C13H19N3O4. The van der Waals surface area contributed by atoms with Crippen LogP contribution < -0.4 is 10.2 Å². The van der Waals surface area contributed by atoms with Crippen molar-refractivity contribution in [2.24, 2.45) is 0 Å². The van der Waals surface area contributed by atoms with Crippen molar-refractivity contribution < 1.29 is 19.4 Å². The number of anilines is 1. The summed E-state index contributed by atoms with van der Waals surface area (Å²) in [6.45, 7) is 2.69. The average molecular weight is 281 g/mol. The summed E-state index contributed by atoms with van der Waals surface area (Å²) in [6, 6.07) is 2.93. The predicted octanol–water partition coefficient (Wildman–Crippen LogP) is 0.287. The van der Waals surface area contributed by atoms with E-state index < -0.39 is 5.97 Å². The van der Waals surface area contributed by atoms with Crippen LogP contribution in [0.5, 0.6) is 0 Å². The topological polar surface area (TPSA) is 91.8 Å². The molecule has 0 fully saturated rings. The lowest BCUT2D eigenvalue weighted by atomic mass is 10.2. The smallest absolute Gasteiger partial charge is 0.335 e. The summed E-state index contributed by atoms with van der Waals surface area (Å²) in [5.41, 5.74) is 0.741. The van der Waals surface area contributed by atoms with Gasteiger partial charge in [-0.25, -0.2) is 9.78 Å². The van der Waals surface area contributed by atoms with Gasteiger partial charge in [0.05, 0.1) is 18.7 Å². The molecule has 0 aliphatic carbocycles. The summed E-state index contributed by atoms with van der Waals surface area (Å²) in [7, 11) is 3.24. The van der Waals surface area contributed by atoms with Crippen molar-refractivity contribution in [3.8, 4) is 0 Å². The number of carboxylic acid groups (broad SMARTS) is 1. The number of aryl methyl sites for hydroxylation is 1. The lowest BCUT2D eigenvalue weighted by molar-refractivity contribution is -0.119. The van der Waals surface area contributed by atoms with E-state index in [1.54, 1.807) is 26.0 Å². The SMILES string of the molecule is COCCNC(=O)CN(C)c1cc(C(=O)O)cc(C)n1. The number of hydrogen-bond acceptors (Lipinski definition) is 5. The third-order valence-corrected chi connectivity index (χ3v) is 2.59. The van der Waals surface area contributed by atoms with Gasteiger partial charge < -0.3 is 20.1 Å². The third-order valence-electron chi connectivity index (χ3n) is 2.59. The average Bonchev–Trinajstić information content (AvgIpc) is 2.38. The molecular weight excluding hydrogens is 262 g/mol. The van der Waals surface area contributed by atoms with E-state index in [1.165, 1.54) is 12.1 Å². The molecule has 0 bridgehead atoms. The molecule has 0 aliphatic rings. The normalized spacial score (nSPS) is 10.2. The highest BCUT2D eigenvalue weighted by Crippen LogP contribution is 2.13. The van der Waals surface area contributed by atoms with Gasteiger partial charge in [-0.05, 0) is 19.1 Å². The van der Waals surface area contributed by atoms with Crippen molar-refractivity contribution in [1.82, 2.24) is 10.3 Å². The molecule has 1 amide bonds. The molecule has 1 heterocycles. The van der Waals surface area contributed by atoms with Crippen LogP contribution >= 0.6 is 0 Å². The monoisotopic (exact) mass is 281 g/mol. The number of aromatic carboxylic acids is 1. The first-order valence-corrected chi connectivity index (χ1v) is 6.12. The van der Waals surface area contributed by atoms with Crippen molar-refractivity contribution in [3.05, 3.63) is 23.4 Å². The summed E-state index contributed by atoms with van der Waals surface area (Å²) in [4.78, 5) is 28.5. The number of aromatic nitrogens is 1. The number of nitrogens with zero attached hydrogens (tertiary/aromatic N) is 2. The molecule has 0 spiro atoms. The van der Waals surface area contributed by atoms with Crippen molar-refractivity contribution in [2.45, 2.75) is 6.92 Å². The van der Waals surface area contributed by atoms with Crippen molar-refractivity contribution in [2.75, 3.05) is 38.8 Å².